The number of furan rings is 1. The van der Waals surface area contributed by atoms with Crippen LogP contribution in [0.2, 0.25) is 0 Å². The van der Waals surface area contributed by atoms with Crippen molar-refractivity contribution in [3.05, 3.63) is 59.4 Å². The fourth-order valence-corrected chi connectivity index (χ4v) is 6.07. The Morgan fingerprint density at radius 1 is 1.09 bits per heavy atom. The molecule has 3 aromatic rings. The van der Waals surface area contributed by atoms with E-state index in [1.807, 2.05) is 26.2 Å². The summed E-state index contributed by atoms with van der Waals surface area (Å²) < 4.78 is 11.8. The number of nitrogens with zero attached hydrogens (tertiary/aromatic N) is 1. The van der Waals surface area contributed by atoms with Crippen LogP contribution in [0, 0.1) is 19.8 Å². The molecule has 0 radical (unpaired) electrons. The Labute approximate surface area is 202 Å². The summed E-state index contributed by atoms with van der Waals surface area (Å²) in [5.74, 6) is 1.59. The summed E-state index contributed by atoms with van der Waals surface area (Å²) in [5.41, 5.74) is 7.07. The predicted octanol–water partition coefficient (Wildman–Crippen LogP) is 7.31. The third kappa shape index (κ3) is 4.04. The fourth-order valence-electron chi connectivity index (χ4n) is 6.07. The maximum Gasteiger partial charge on any atom is 0.247 e. The number of carbonyl (C=O) groups is 1. The molecule has 0 bridgehead atoms. The van der Waals surface area contributed by atoms with Gasteiger partial charge in [0, 0.05) is 40.7 Å². The molecule has 2 unspecified atom stereocenters. The summed E-state index contributed by atoms with van der Waals surface area (Å²) in [6.07, 6.45) is 11.0. The van der Waals surface area contributed by atoms with Crippen molar-refractivity contribution in [2.24, 2.45) is 5.92 Å². The number of likely N-dealkylation sites (tertiary alicyclic amines) is 1. The highest BCUT2D eigenvalue weighted by atomic mass is 16.5. The van der Waals surface area contributed by atoms with E-state index in [4.69, 9.17) is 9.15 Å². The molecule has 1 saturated carbocycles. The van der Waals surface area contributed by atoms with Crippen molar-refractivity contribution < 1.29 is 13.9 Å². The number of fused-ring (bicyclic) bond motifs is 2. The first-order chi connectivity index (χ1) is 16.5. The highest BCUT2D eigenvalue weighted by Crippen LogP contribution is 2.41. The van der Waals surface area contributed by atoms with Crippen molar-refractivity contribution in [2.45, 2.75) is 65.3 Å². The Morgan fingerprint density at radius 2 is 1.82 bits per heavy atom. The Bertz CT molecular complexity index is 1230. The number of hydrogen-bond acceptors (Lipinski definition) is 3. The van der Waals surface area contributed by atoms with Crippen LogP contribution in [-0.2, 0) is 4.79 Å². The molecular weight excluding hydrogens is 422 g/mol. The highest BCUT2D eigenvalue weighted by Gasteiger charge is 2.35. The van der Waals surface area contributed by atoms with E-state index >= 15 is 0 Å². The molecule has 5 rings (SSSR count). The van der Waals surface area contributed by atoms with Gasteiger partial charge in [0.25, 0.3) is 0 Å². The topological polar surface area (TPSA) is 42.7 Å². The van der Waals surface area contributed by atoms with Crippen molar-refractivity contribution >= 4 is 22.4 Å². The largest absolute Gasteiger partial charge is 0.496 e. The number of carbonyl (C=O) groups excluding carboxylic acids is 1. The van der Waals surface area contributed by atoms with Gasteiger partial charge in [-0.1, -0.05) is 42.7 Å². The molecular formula is C30H35NO3. The van der Waals surface area contributed by atoms with Crippen molar-refractivity contribution in [1.29, 1.82) is 0 Å². The third-order valence-electron chi connectivity index (χ3n) is 7.90. The van der Waals surface area contributed by atoms with Gasteiger partial charge in [-0.3, -0.25) is 4.79 Å². The van der Waals surface area contributed by atoms with E-state index in [0.29, 0.717) is 12.0 Å². The van der Waals surface area contributed by atoms with Crippen LogP contribution in [-0.4, -0.2) is 30.5 Å². The number of allylic oxidation sites excluding steroid dienone is 1. The molecule has 0 N–H and O–H groups in total. The standard InChI is InChI=1S/C30H35NO3/c1-19-11-13-22(14-12-19)26-18-34-30-21(3)29(33-4)24(17-25(26)30)20(2)16-28(32)31-15-7-9-23-8-5-6-10-27(23)31/h11-14,16-18,23,27H,5-10,15H2,1-4H3/b20-16+. The molecule has 1 aliphatic heterocycles. The molecule has 2 fully saturated rings. The molecule has 2 aliphatic rings. The number of aryl methyl sites for hydroxylation is 2. The zero-order valence-electron chi connectivity index (χ0n) is 20.8. The summed E-state index contributed by atoms with van der Waals surface area (Å²) in [5, 5.41) is 1.04. The van der Waals surface area contributed by atoms with Crippen LogP contribution in [0.15, 0.2) is 47.1 Å². The van der Waals surface area contributed by atoms with Gasteiger partial charge >= 0.3 is 0 Å². The van der Waals surface area contributed by atoms with Crippen LogP contribution in [0.25, 0.3) is 27.7 Å². The summed E-state index contributed by atoms with van der Waals surface area (Å²) >= 11 is 0. The quantitative estimate of drug-likeness (QED) is 0.386. The monoisotopic (exact) mass is 457 g/mol. The molecule has 2 aromatic carbocycles. The van der Waals surface area contributed by atoms with Crippen LogP contribution >= 0.6 is 0 Å². The normalized spacial score (nSPS) is 20.9. The Kier molecular flexibility index (Phi) is 6.24. The molecule has 2 heterocycles. The first-order valence-corrected chi connectivity index (χ1v) is 12.6. The van der Waals surface area contributed by atoms with Gasteiger partial charge in [0.2, 0.25) is 5.91 Å². The second-order valence-corrected chi connectivity index (χ2v) is 10.1. The van der Waals surface area contributed by atoms with Gasteiger partial charge in [-0.2, -0.15) is 0 Å². The SMILES string of the molecule is COc1c(/C(C)=C/C(=O)N2CCCC3CCCCC32)cc2c(-c3ccc(C)cc3)coc2c1C. The van der Waals surface area contributed by atoms with Crippen LogP contribution in [0.4, 0.5) is 0 Å². The highest BCUT2D eigenvalue weighted by molar-refractivity contribution is 6.01. The average molecular weight is 458 g/mol. The third-order valence-corrected chi connectivity index (χ3v) is 7.90. The van der Waals surface area contributed by atoms with Gasteiger partial charge in [0.15, 0.2) is 0 Å². The molecule has 4 heteroatoms. The van der Waals surface area contributed by atoms with Gasteiger partial charge in [-0.25, -0.2) is 0 Å². The minimum absolute atomic E-state index is 0.139. The molecule has 1 amide bonds. The number of methoxy groups -OCH3 is 1. The zero-order valence-corrected chi connectivity index (χ0v) is 20.8. The van der Waals surface area contributed by atoms with E-state index in [0.717, 1.165) is 63.9 Å². The Balaban J connectivity index is 1.54. The van der Waals surface area contributed by atoms with Crippen molar-refractivity contribution in [3.8, 4) is 16.9 Å². The van der Waals surface area contributed by atoms with E-state index < -0.39 is 0 Å². The number of rotatable bonds is 4. The van der Waals surface area contributed by atoms with E-state index in [2.05, 4.69) is 42.2 Å². The lowest BCUT2D eigenvalue weighted by atomic mass is 9.78. The number of piperidine rings is 1. The van der Waals surface area contributed by atoms with E-state index in [-0.39, 0.29) is 5.91 Å². The first-order valence-electron chi connectivity index (χ1n) is 12.6. The molecule has 2 atom stereocenters. The van der Waals surface area contributed by atoms with E-state index in [9.17, 15) is 4.79 Å². The number of hydrogen-bond donors (Lipinski definition) is 0. The van der Waals surface area contributed by atoms with Crippen molar-refractivity contribution in [3.63, 3.8) is 0 Å². The van der Waals surface area contributed by atoms with Gasteiger partial charge in [-0.15, -0.1) is 0 Å². The minimum Gasteiger partial charge on any atom is -0.496 e. The summed E-state index contributed by atoms with van der Waals surface area (Å²) in [4.78, 5) is 15.6. The van der Waals surface area contributed by atoms with Gasteiger partial charge in [0.05, 0.1) is 13.4 Å². The van der Waals surface area contributed by atoms with Gasteiger partial charge in [-0.05, 0) is 69.6 Å². The van der Waals surface area contributed by atoms with Gasteiger partial charge in [0.1, 0.15) is 11.3 Å². The number of benzene rings is 2. The summed E-state index contributed by atoms with van der Waals surface area (Å²) in [7, 11) is 1.69. The van der Waals surface area contributed by atoms with E-state index in [1.54, 1.807) is 7.11 Å². The Morgan fingerprint density at radius 3 is 2.59 bits per heavy atom. The lowest BCUT2D eigenvalue weighted by Crippen LogP contribution is -2.49. The minimum atomic E-state index is 0.139. The molecule has 34 heavy (non-hydrogen) atoms. The average Bonchev–Trinajstić information content (AvgIpc) is 3.28. The lowest BCUT2D eigenvalue weighted by molar-refractivity contribution is -0.132. The lowest BCUT2D eigenvalue weighted by Gasteiger charge is -2.43. The summed E-state index contributed by atoms with van der Waals surface area (Å²) in [6.45, 7) is 7.01. The van der Waals surface area contributed by atoms with Crippen LogP contribution in [0.1, 0.15) is 62.1 Å². The number of amides is 1. The van der Waals surface area contributed by atoms with Crippen LogP contribution in [0.5, 0.6) is 5.75 Å². The molecule has 178 valence electrons. The second-order valence-electron chi connectivity index (χ2n) is 10.1. The van der Waals surface area contributed by atoms with Crippen LogP contribution < -0.4 is 4.74 Å². The molecule has 1 aromatic heterocycles. The fraction of sp³-hybridized carbons (Fsp3) is 0.433. The van der Waals surface area contributed by atoms with E-state index in [1.165, 1.54) is 31.2 Å². The maximum absolute atomic E-state index is 13.4. The maximum atomic E-state index is 13.4. The zero-order chi connectivity index (χ0) is 23.8. The van der Waals surface area contributed by atoms with Crippen LogP contribution in [0.3, 0.4) is 0 Å². The molecule has 0 spiro atoms. The smallest absolute Gasteiger partial charge is 0.247 e. The Hall–Kier alpha value is -3.01. The number of ether oxygens (including phenoxy) is 1. The second kappa shape index (κ2) is 9.32. The molecule has 4 nitrogen and oxygen atoms in total. The predicted molar refractivity (Wildman–Crippen MR) is 138 cm³/mol. The van der Waals surface area contributed by atoms with Crippen molar-refractivity contribution in [1.82, 2.24) is 4.90 Å². The molecule has 1 saturated heterocycles. The first kappa shape index (κ1) is 22.8. The van der Waals surface area contributed by atoms with Gasteiger partial charge < -0.3 is 14.1 Å². The molecule has 1 aliphatic carbocycles. The summed E-state index contributed by atoms with van der Waals surface area (Å²) in [6, 6.07) is 11.0. The van der Waals surface area contributed by atoms with Crippen molar-refractivity contribution in [2.75, 3.05) is 13.7 Å².